The molecule has 0 aromatic heterocycles. The van der Waals surface area contributed by atoms with Crippen molar-refractivity contribution < 1.29 is 113 Å². The molecule has 7 aliphatic rings. The number of carbonyl (C=O) groups excluding carboxylic acids is 7. The Bertz CT molecular complexity index is 4730. The average molecular weight is 1730 g/mol. The van der Waals surface area contributed by atoms with Crippen LogP contribution in [0.5, 0.6) is 46.0 Å². The highest BCUT2D eigenvalue weighted by Gasteiger charge is 2.52. The normalized spacial score (nSPS) is 26.6. The first-order chi connectivity index (χ1) is 57.1. The largest absolute Gasteiger partial charge is 0.507 e. The molecule has 0 radical (unpaired) electrons. The van der Waals surface area contributed by atoms with Gasteiger partial charge in [0.1, 0.15) is 89.5 Å². The number of nitrogens with one attached hydrogen (secondary N) is 8. The molecule has 0 saturated carbocycles. The summed E-state index contributed by atoms with van der Waals surface area (Å²) < 4.78 is 39.0. The molecule has 0 spiro atoms. The number of carboxylic acids is 1. The third-order valence-electron chi connectivity index (χ3n) is 21.7. The molecule has 13 rings (SSSR count). The minimum absolute atomic E-state index is 0.0998. The molecular weight excluding hydrogens is 1620 g/mol. The fourth-order valence-electron chi connectivity index (χ4n) is 15.1. The zero-order valence-corrected chi connectivity index (χ0v) is 68.8. The quantitative estimate of drug-likeness (QED) is 0.0316. The Labute approximate surface area is 705 Å². The van der Waals surface area contributed by atoms with Gasteiger partial charge in [0.15, 0.2) is 29.9 Å². The summed E-state index contributed by atoms with van der Waals surface area (Å²) in [6.07, 6.45) is -10.5. The molecule has 648 valence electrons. The molecule has 23 N–H and O–H groups in total. The van der Waals surface area contributed by atoms with Crippen LogP contribution in [0.15, 0.2) is 103 Å². The number of ether oxygens (including phenoxy) is 6. The number of unbranched alkanes of at least 4 members (excludes halogenated alkanes) is 5. The summed E-state index contributed by atoms with van der Waals surface area (Å²) in [5, 5.41) is 127. The van der Waals surface area contributed by atoms with Gasteiger partial charge < -0.3 is 134 Å². The minimum atomic E-state index is -2.35. The predicted octanol–water partition coefficient (Wildman–Crippen LogP) is 4.48. The van der Waals surface area contributed by atoms with Crippen LogP contribution >= 0.6 is 35.0 Å². The number of phenolic OH excluding ortho intramolecular Hbond substituents is 3. The lowest BCUT2D eigenvalue weighted by molar-refractivity contribution is -0.330. The van der Waals surface area contributed by atoms with Gasteiger partial charge in [-0.1, -0.05) is 111 Å². The van der Waals surface area contributed by atoms with Crippen molar-refractivity contribution in [2.24, 2.45) is 23.1 Å². The Morgan fingerprint density at radius 1 is 0.692 bits per heavy atom. The van der Waals surface area contributed by atoms with Gasteiger partial charge in [-0.15, -0.1) is 0 Å². The number of benzene rings is 6. The van der Waals surface area contributed by atoms with Crippen LogP contribution in [0.2, 0.25) is 10.0 Å². The van der Waals surface area contributed by atoms with Gasteiger partial charge in [-0.05, 0) is 141 Å². The van der Waals surface area contributed by atoms with Crippen LogP contribution in [-0.2, 0) is 65.5 Å². The third kappa shape index (κ3) is 21.6. The van der Waals surface area contributed by atoms with Crippen molar-refractivity contribution in [3.05, 3.63) is 152 Å². The molecule has 120 heavy (non-hydrogen) atoms. The summed E-state index contributed by atoms with van der Waals surface area (Å²) in [6.45, 7) is 6.32. The van der Waals surface area contributed by atoms with Gasteiger partial charge in [0.2, 0.25) is 53.4 Å². The van der Waals surface area contributed by atoms with Crippen LogP contribution < -0.4 is 73.9 Å². The number of halogens is 2. The number of likely N-dealkylation sites (N-methyl/N-ethyl adjacent to an activating group) is 1. The second-order valence-electron chi connectivity index (χ2n) is 31.2. The number of aromatic hydroxyl groups is 3. The molecule has 6 aromatic carbocycles. The minimum Gasteiger partial charge on any atom is -0.507 e. The predicted molar refractivity (Wildman–Crippen MR) is 438 cm³/mol. The first-order valence-electron chi connectivity index (χ1n) is 39.5. The van der Waals surface area contributed by atoms with Gasteiger partial charge in [0.25, 0.3) is 0 Å². The molecule has 0 unspecified atom stereocenters. The Morgan fingerprint density at radius 2 is 1.32 bits per heavy atom. The van der Waals surface area contributed by atoms with Crippen LogP contribution in [0.3, 0.4) is 0 Å². The maximum absolute atomic E-state index is 16.4. The van der Waals surface area contributed by atoms with E-state index < -0.39 is 231 Å². The van der Waals surface area contributed by atoms with E-state index in [0.29, 0.717) is 12.3 Å². The van der Waals surface area contributed by atoms with Gasteiger partial charge in [0, 0.05) is 54.0 Å². The van der Waals surface area contributed by atoms with Gasteiger partial charge in [-0.3, -0.25) is 33.6 Å². The van der Waals surface area contributed by atoms with Gasteiger partial charge >= 0.3 is 5.97 Å². The van der Waals surface area contributed by atoms with Crippen molar-refractivity contribution in [1.82, 2.24) is 42.5 Å². The number of aliphatic hydroxyl groups excluding tert-OH is 5. The van der Waals surface area contributed by atoms with E-state index in [1.54, 1.807) is 11.8 Å². The molecule has 7 aliphatic heterocycles. The lowest BCUT2D eigenvalue weighted by Crippen LogP contribution is -2.65. The van der Waals surface area contributed by atoms with Gasteiger partial charge in [-0.25, -0.2) is 4.79 Å². The van der Waals surface area contributed by atoms with E-state index in [1.807, 2.05) is 32.0 Å². The zero-order valence-electron chi connectivity index (χ0n) is 66.5. The average Bonchev–Trinajstić information content (AvgIpc) is 0.752. The Balaban J connectivity index is 1.05. The lowest BCUT2D eigenvalue weighted by Gasteiger charge is -2.47. The topological polar surface area (TPSA) is 548 Å². The van der Waals surface area contributed by atoms with E-state index >= 15 is 24.0 Å². The molecule has 7 heterocycles. The van der Waals surface area contributed by atoms with E-state index in [9.17, 15) is 60.3 Å². The summed E-state index contributed by atoms with van der Waals surface area (Å²) in [6, 6.07) is 9.34. The maximum Gasteiger partial charge on any atom is 0.330 e. The van der Waals surface area contributed by atoms with Crippen molar-refractivity contribution in [3.63, 3.8) is 0 Å². The van der Waals surface area contributed by atoms with Crippen LogP contribution in [0, 0.1) is 5.92 Å². The van der Waals surface area contributed by atoms with Crippen molar-refractivity contribution >= 4 is 82.3 Å². The van der Waals surface area contributed by atoms with Crippen molar-refractivity contribution in [2.75, 3.05) is 31.6 Å². The summed E-state index contributed by atoms with van der Waals surface area (Å²) in [5.74, 6) is -14.1. The number of primary amides is 1. The first-order valence-corrected chi connectivity index (χ1v) is 41.4. The highest BCUT2D eigenvalue weighted by molar-refractivity contribution is 7.99. The fourth-order valence-corrected chi connectivity index (χ4v) is 16.5. The molecule has 11 bridgehead atoms. The van der Waals surface area contributed by atoms with E-state index in [2.05, 4.69) is 54.7 Å². The molecule has 2 fully saturated rings. The highest BCUT2D eigenvalue weighted by Crippen LogP contribution is 2.51. The summed E-state index contributed by atoms with van der Waals surface area (Å²) in [4.78, 5) is 119. The van der Waals surface area contributed by atoms with Crippen molar-refractivity contribution in [2.45, 2.75) is 208 Å². The number of thioether (sulfide) groups is 1. The number of hydrogen-bond donors (Lipinski definition) is 20. The monoisotopic (exact) mass is 1720 g/mol. The SMILES string of the molecule is CN[C@H](CC(C)C)C(=O)N[C@H]1C(=O)N[C@@H](CC(N)=O)C(=O)N[C@H]2C(=O)N[C@H]3C(=O)N[C@H](C(=O)N[C@H](C(=O)O)c4cc(O)c(CNCCSCCCCCCCCc5ccccc5)c(O)c4-c4cc3ccc4O)[C@H](O)c3ccc(c(Cl)c3)Oc3cc2cc(c3O[C@@H]2O[C@H](CN)[C@@H](O)[C@H](O)[C@H]2O[C@H]2C[C@](C)(N)[C@H](O)[C@H](C)O2)Oc2ccc(cc2Cl)[C@H]1O. The van der Waals surface area contributed by atoms with Crippen LogP contribution in [-0.4, -0.2) is 204 Å². The number of phenols is 3. The number of fused-ring (bicyclic) bond motifs is 15. The second-order valence-corrected chi connectivity index (χ2v) is 33.2. The number of hydrogen-bond acceptors (Lipinski definition) is 27. The molecule has 0 aliphatic carbocycles. The number of aliphatic hydroxyl groups is 5. The van der Waals surface area contributed by atoms with Crippen molar-refractivity contribution in [1.29, 1.82) is 0 Å². The highest BCUT2D eigenvalue weighted by atomic mass is 35.5. The molecule has 34 nitrogen and oxygen atoms in total. The summed E-state index contributed by atoms with van der Waals surface area (Å²) in [5.41, 5.74) is 15.6. The number of amides is 7. The number of nitrogens with two attached hydrogens (primary N) is 3. The zero-order chi connectivity index (χ0) is 86.7. The van der Waals surface area contributed by atoms with Crippen LogP contribution in [0.1, 0.15) is 155 Å². The number of aliphatic carboxylic acids is 1. The molecule has 37 heteroatoms. The van der Waals surface area contributed by atoms with Gasteiger partial charge in [0.05, 0.1) is 40.3 Å². The molecule has 6 aromatic rings. The number of rotatable bonds is 27. The third-order valence-corrected chi connectivity index (χ3v) is 23.3. The Hall–Kier alpha value is -9.67. The summed E-state index contributed by atoms with van der Waals surface area (Å²) in [7, 11) is 1.48. The van der Waals surface area contributed by atoms with E-state index in [0.717, 1.165) is 105 Å². The summed E-state index contributed by atoms with van der Waals surface area (Å²) >= 11 is 16.0. The van der Waals surface area contributed by atoms with E-state index in [4.69, 9.17) is 68.8 Å². The Kier molecular flexibility index (Phi) is 30.6. The van der Waals surface area contributed by atoms with Gasteiger partial charge in [-0.2, -0.15) is 11.8 Å². The first kappa shape index (κ1) is 91.1. The molecule has 7 amide bonds. The maximum atomic E-state index is 16.4. The lowest BCUT2D eigenvalue weighted by atomic mass is 9.86. The standard InChI is InChI=1S/C83H103Cl2N11O23S/c1-38(2)27-50(89-5)75(106)95-65-67(100)42-19-22-54(48(84)29-42)115-56-31-44-32-57(72(56)119-82-73(71(104)70(103)58(36-86)117-82)118-60-35-83(4,88)74(105)39(3)114-60)116-55-23-20-43(30-49(55)85)68(101)66-80(111)94-64(81(112)113)46-33-53(98)47(37-90-24-26-120-25-14-9-7-6-8-11-15-40-16-12-10-13-17-40)69(102)61(46)45-28-41(18-21-52(45)97)62(77(108)96-66)93-78(109)63(44)92-76(107)51(34-59(87)99)91-79(65)110/h10,12-13,16-23,28-33,38-39,50-51,58,60,62-68,70-71,73-74,82,89-90,97-98,100-105H,6-9,11,14-15,24-27,34-37,86,88H2,1-5H3,(H2,87,99)(H,91,110)(H,92,107)(H,93,109)(H,94,111)(H,95,106)(H,96,108)(H,112,113)/t39-,50+,51-,58+,60-,62+,63+,64-,65+,66-,67+,68+,70+,71-,73+,74+,82-,83-/m0/s1. The molecule has 18 atom stereocenters. The van der Waals surface area contributed by atoms with Crippen LogP contribution in [0.25, 0.3) is 11.1 Å². The second kappa shape index (κ2) is 40.3. The van der Waals surface area contributed by atoms with E-state index in [-0.39, 0.29) is 64.1 Å². The smallest absolute Gasteiger partial charge is 0.330 e. The number of carbonyl (C=O) groups is 8. The number of carboxylic acid groups (broad SMARTS) is 1. The fraction of sp³-hybridized carbons (Fsp3) is 0.470. The number of aryl methyl sites for hydroxylation is 1. The Morgan fingerprint density at radius 3 is 1.94 bits per heavy atom. The van der Waals surface area contributed by atoms with Crippen LogP contribution in [0.4, 0.5) is 0 Å². The molecule has 2 saturated heterocycles. The van der Waals surface area contributed by atoms with E-state index in [1.165, 1.54) is 44.7 Å². The molecular formula is C83H103Cl2N11O23S. The van der Waals surface area contributed by atoms with Crippen molar-refractivity contribution in [3.8, 4) is 57.1 Å².